The second-order valence-corrected chi connectivity index (χ2v) is 5.44. The Morgan fingerprint density at radius 3 is 2.67 bits per heavy atom. The number of hydrogen-bond donors (Lipinski definition) is 4. The summed E-state index contributed by atoms with van der Waals surface area (Å²) in [6.07, 6.45) is 1.93. The van der Waals surface area contributed by atoms with Crippen LogP contribution < -0.4 is 16.5 Å². The van der Waals surface area contributed by atoms with Crippen LogP contribution in [0.15, 0.2) is 4.99 Å². The van der Waals surface area contributed by atoms with Gasteiger partial charge in [-0.1, -0.05) is 0 Å². The zero-order valence-corrected chi connectivity index (χ0v) is 11.1. The molecule has 2 atom stereocenters. The van der Waals surface area contributed by atoms with Crippen molar-refractivity contribution in [3.8, 4) is 0 Å². The number of aliphatic imine (C=N–C) groups is 1. The highest BCUT2D eigenvalue weighted by molar-refractivity contribution is 5.76. The molecule has 1 saturated carbocycles. The van der Waals surface area contributed by atoms with E-state index in [-0.39, 0.29) is 18.0 Å². The molecule has 1 fully saturated rings. The van der Waals surface area contributed by atoms with Crippen molar-refractivity contribution in [1.29, 1.82) is 0 Å². The Bertz CT molecular complexity index is 325. The summed E-state index contributed by atoms with van der Waals surface area (Å²) < 4.78 is 5.17. The Morgan fingerprint density at radius 1 is 1.44 bits per heavy atom. The molecule has 0 aliphatic heterocycles. The first-order valence-electron chi connectivity index (χ1n) is 6.03. The van der Waals surface area contributed by atoms with Gasteiger partial charge in [-0.2, -0.15) is 0 Å². The summed E-state index contributed by atoms with van der Waals surface area (Å²) >= 11 is 0. The van der Waals surface area contributed by atoms with Crippen LogP contribution in [0.1, 0.15) is 40.0 Å². The van der Waals surface area contributed by atoms with Crippen LogP contribution in [0.5, 0.6) is 0 Å². The first-order valence-corrected chi connectivity index (χ1v) is 6.03. The summed E-state index contributed by atoms with van der Waals surface area (Å²) in [5.74, 6) is -0.00193. The van der Waals surface area contributed by atoms with E-state index in [2.05, 4.69) is 10.3 Å². The van der Waals surface area contributed by atoms with E-state index >= 15 is 0 Å². The molecule has 0 unspecified atom stereocenters. The summed E-state index contributed by atoms with van der Waals surface area (Å²) in [7, 11) is 0. The summed E-state index contributed by atoms with van der Waals surface area (Å²) in [5, 5.41) is 11.3. The number of carbonyl (C=O) groups is 1. The molecule has 0 saturated heterocycles. The van der Waals surface area contributed by atoms with Gasteiger partial charge < -0.3 is 15.8 Å². The smallest absolute Gasteiger partial charge is 0.407 e. The van der Waals surface area contributed by atoms with Crippen molar-refractivity contribution in [3.63, 3.8) is 0 Å². The van der Waals surface area contributed by atoms with E-state index < -0.39 is 11.7 Å². The lowest BCUT2D eigenvalue weighted by Crippen LogP contribution is -2.38. The van der Waals surface area contributed by atoms with Crippen LogP contribution in [0.2, 0.25) is 0 Å². The van der Waals surface area contributed by atoms with Gasteiger partial charge in [0.2, 0.25) is 5.96 Å². The molecular formula is C11H22N4O3. The van der Waals surface area contributed by atoms with Crippen molar-refractivity contribution in [1.82, 2.24) is 10.8 Å². The molecule has 7 nitrogen and oxygen atoms in total. The molecule has 104 valence electrons. The van der Waals surface area contributed by atoms with Gasteiger partial charge in [-0.15, -0.1) is 0 Å². The number of hydroxylamine groups is 1. The number of nitrogens with two attached hydrogens (primary N) is 1. The van der Waals surface area contributed by atoms with Gasteiger partial charge in [0.15, 0.2) is 0 Å². The normalized spacial score (nSPS) is 24.8. The Balaban J connectivity index is 2.37. The molecule has 0 radical (unpaired) electrons. The molecule has 1 rings (SSSR count). The van der Waals surface area contributed by atoms with Gasteiger partial charge >= 0.3 is 6.09 Å². The van der Waals surface area contributed by atoms with Gasteiger partial charge in [0.25, 0.3) is 0 Å². The van der Waals surface area contributed by atoms with Crippen LogP contribution in [0.4, 0.5) is 4.79 Å². The number of amides is 1. The second kappa shape index (κ2) is 5.90. The Kier molecular flexibility index (Phi) is 4.77. The molecule has 7 heteroatoms. The van der Waals surface area contributed by atoms with Gasteiger partial charge in [0.1, 0.15) is 5.60 Å². The monoisotopic (exact) mass is 258 g/mol. The maximum absolute atomic E-state index is 11.6. The maximum atomic E-state index is 11.6. The predicted molar refractivity (Wildman–Crippen MR) is 67.3 cm³/mol. The van der Waals surface area contributed by atoms with Crippen LogP contribution in [0.25, 0.3) is 0 Å². The minimum atomic E-state index is -0.495. The third-order valence-corrected chi connectivity index (χ3v) is 2.56. The summed E-state index contributed by atoms with van der Waals surface area (Å²) in [6, 6.07) is 0.0599. The molecule has 0 aromatic rings. The predicted octanol–water partition coefficient (Wildman–Crippen LogP) is 0.726. The van der Waals surface area contributed by atoms with Crippen molar-refractivity contribution < 1.29 is 14.7 Å². The zero-order chi connectivity index (χ0) is 13.8. The quantitative estimate of drug-likeness (QED) is 0.331. The van der Waals surface area contributed by atoms with E-state index in [1.54, 1.807) is 5.48 Å². The molecule has 1 aliphatic rings. The van der Waals surface area contributed by atoms with E-state index in [1.165, 1.54) is 0 Å². The van der Waals surface area contributed by atoms with Crippen LogP contribution in [0, 0.1) is 0 Å². The molecule has 1 amide bonds. The van der Waals surface area contributed by atoms with E-state index in [1.807, 2.05) is 20.8 Å². The van der Waals surface area contributed by atoms with Gasteiger partial charge in [-0.25, -0.2) is 15.3 Å². The average molecular weight is 258 g/mol. The highest BCUT2D eigenvalue weighted by Crippen LogP contribution is 2.22. The number of hydrogen-bond acceptors (Lipinski definition) is 4. The van der Waals surface area contributed by atoms with E-state index in [0.29, 0.717) is 6.42 Å². The number of carbonyl (C=O) groups excluding carboxylic acids is 1. The lowest BCUT2D eigenvalue weighted by molar-refractivity contribution is 0.0505. The third-order valence-electron chi connectivity index (χ3n) is 2.56. The highest BCUT2D eigenvalue weighted by atomic mass is 16.6. The number of guanidine groups is 1. The van der Waals surface area contributed by atoms with Crippen molar-refractivity contribution >= 4 is 12.1 Å². The zero-order valence-electron chi connectivity index (χ0n) is 11.1. The lowest BCUT2D eigenvalue weighted by atomic mass is 10.2. The fourth-order valence-corrected chi connectivity index (χ4v) is 1.91. The molecule has 5 N–H and O–H groups in total. The second-order valence-electron chi connectivity index (χ2n) is 5.44. The van der Waals surface area contributed by atoms with Crippen molar-refractivity contribution in [3.05, 3.63) is 0 Å². The Morgan fingerprint density at radius 2 is 2.11 bits per heavy atom. The van der Waals surface area contributed by atoms with E-state index in [0.717, 1.165) is 12.8 Å². The maximum Gasteiger partial charge on any atom is 0.407 e. The number of nitrogens with one attached hydrogen (secondary N) is 2. The number of nitrogens with zero attached hydrogens (tertiary/aromatic N) is 1. The standard InChI is InChI=1S/C11H22N4O3/c1-11(2,3)18-10(16)14-8-5-4-7(6-8)13-9(12)15-17/h7-8,17H,4-6H2,1-3H3,(H,14,16)(H3,12,13,15)/t7-,8-/m0/s1. The minimum Gasteiger partial charge on any atom is -0.444 e. The van der Waals surface area contributed by atoms with Crippen molar-refractivity contribution in [2.75, 3.05) is 0 Å². The number of ether oxygens (including phenoxy) is 1. The topological polar surface area (TPSA) is 109 Å². The van der Waals surface area contributed by atoms with Crippen LogP contribution in [0.3, 0.4) is 0 Å². The molecule has 1 aliphatic carbocycles. The van der Waals surface area contributed by atoms with Crippen LogP contribution in [-0.2, 0) is 4.74 Å². The Hall–Kier alpha value is -1.50. The average Bonchev–Trinajstić information content (AvgIpc) is 2.62. The number of rotatable bonds is 2. The first-order chi connectivity index (χ1) is 8.30. The molecule has 0 bridgehead atoms. The van der Waals surface area contributed by atoms with Crippen LogP contribution >= 0.6 is 0 Å². The van der Waals surface area contributed by atoms with Crippen molar-refractivity contribution in [2.24, 2.45) is 10.7 Å². The SMILES string of the molecule is CC(C)(C)OC(=O)N[C@H]1CC[C@H](N=C(N)NO)C1. The lowest BCUT2D eigenvalue weighted by Gasteiger charge is -2.21. The summed E-state index contributed by atoms with van der Waals surface area (Å²) in [5.41, 5.74) is 6.66. The fraction of sp³-hybridized carbons (Fsp3) is 0.818. The van der Waals surface area contributed by atoms with E-state index in [4.69, 9.17) is 15.7 Å². The molecule has 18 heavy (non-hydrogen) atoms. The fourth-order valence-electron chi connectivity index (χ4n) is 1.91. The van der Waals surface area contributed by atoms with Gasteiger partial charge in [0, 0.05) is 6.04 Å². The molecular weight excluding hydrogens is 236 g/mol. The minimum absolute atomic E-state index is 0.00193. The molecule has 0 aromatic carbocycles. The highest BCUT2D eigenvalue weighted by Gasteiger charge is 2.27. The Labute approximate surface area is 107 Å². The van der Waals surface area contributed by atoms with Crippen LogP contribution in [-0.4, -0.2) is 34.9 Å². The summed E-state index contributed by atoms with van der Waals surface area (Å²) in [6.45, 7) is 5.46. The summed E-state index contributed by atoms with van der Waals surface area (Å²) in [4.78, 5) is 15.6. The van der Waals surface area contributed by atoms with E-state index in [9.17, 15) is 4.79 Å². The van der Waals surface area contributed by atoms with Crippen molar-refractivity contribution in [2.45, 2.75) is 57.7 Å². The first kappa shape index (κ1) is 14.6. The van der Waals surface area contributed by atoms with Gasteiger partial charge in [-0.05, 0) is 40.0 Å². The molecule has 0 aromatic heterocycles. The van der Waals surface area contributed by atoms with Gasteiger partial charge in [0.05, 0.1) is 6.04 Å². The molecule has 0 spiro atoms. The van der Waals surface area contributed by atoms with Gasteiger partial charge in [-0.3, -0.25) is 5.21 Å². The number of alkyl carbamates (subject to hydrolysis) is 1. The molecule has 0 heterocycles. The third kappa shape index (κ3) is 5.22. The largest absolute Gasteiger partial charge is 0.444 e.